The van der Waals surface area contributed by atoms with Crippen LogP contribution < -0.4 is 0 Å². The third-order valence-electron chi connectivity index (χ3n) is 10.1. The molecule has 2 aliphatic heterocycles. The van der Waals surface area contributed by atoms with Crippen molar-refractivity contribution in [3.63, 3.8) is 0 Å². The molecule has 5 rings (SSSR count). The van der Waals surface area contributed by atoms with Crippen LogP contribution >= 0.6 is 0 Å². The molecule has 0 aromatic carbocycles. The zero-order valence-electron chi connectivity index (χ0n) is 28.1. The number of nitrogens with zero attached hydrogens (tertiary/aromatic N) is 2. The van der Waals surface area contributed by atoms with E-state index in [1.165, 1.54) is 13.0 Å². The number of ether oxygens (including phenoxy) is 3. The molecule has 0 unspecified atom stereocenters. The van der Waals surface area contributed by atoms with Gasteiger partial charge >= 0.3 is 12.1 Å². The van der Waals surface area contributed by atoms with Gasteiger partial charge in [-0.1, -0.05) is 48.5 Å². The molecule has 1 spiro atoms. The number of hydrogen-bond donors (Lipinski definition) is 0. The van der Waals surface area contributed by atoms with Crippen LogP contribution in [0.25, 0.3) is 0 Å². The summed E-state index contributed by atoms with van der Waals surface area (Å²) in [5, 5.41) is -0.0714. The molecule has 11 heteroatoms. The first-order valence-corrected chi connectivity index (χ1v) is 18.8. The quantitative estimate of drug-likeness (QED) is 0.237. The van der Waals surface area contributed by atoms with Crippen LogP contribution in [0.5, 0.6) is 0 Å². The van der Waals surface area contributed by atoms with E-state index in [2.05, 4.69) is 52.7 Å². The summed E-state index contributed by atoms with van der Waals surface area (Å²) in [6.45, 7) is 21.7. The molecule has 248 valence electrons. The molecule has 0 radical (unpaired) electrons. The van der Waals surface area contributed by atoms with Crippen molar-refractivity contribution in [3.05, 3.63) is 57.7 Å². The zero-order valence-corrected chi connectivity index (χ0v) is 29.1. The number of alkyl halides is 3. The molecule has 0 amide bonds. The predicted molar refractivity (Wildman–Crippen MR) is 166 cm³/mol. The number of carbonyl (C=O) groups is 1. The second-order valence-corrected chi connectivity index (χ2v) is 20.1. The summed E-state index contributed by atoms with van der Waals surface area (Å²) in [6.07, 6.45) is -3.63. The van der Waals surface area contributed by atoms with Crippen LogP contribution in [0.3, 0.4) is 0 Å². The van der Waals surface area contributed by atoms with Gasteiger partial charge in [0.2, 0.25) is 0 Å². The summed E-state index contributed by atoms with van der Waals surface area (Å²) in [7, 11) is -2.33. The number of carbonyl (C=O) groups excluding carboxylic acids is 1. The van der Waals surface area contributed by atoms with E-state index in [1.807, 2.05) is 13.8 Å². The molecule has 4 heterocycles. The average molecular weight is 649 g/mol. The predicted octanol–water partition coefficient (Wildman–Crippen LogP) is 8.84. The smallest absolute Gasteiger partial charge is 0.417 e. The van der Waals surface area contributed by atoms with Crippen molar-refractivity contribution in [2.24, 2.45) is 5.41 Å². The molecular formula is C34H47F3N2O5Si. The lowest BCUT2D eigenvalue weighted by Gasteiger charge is -2.48. The fraction of sp³-hybridized carbons (Fsp3) is 0.676. The average Bonchev–Trinajstić information content (AvgIpc) is 3.23. The molecule has 0 bridgehead atoms. The summed E-state index contributed by atoms with van der Waals surface area (Å²) >= 11 is 0. The lowest BCUT2D eigenvalue weighted by atomic mass is 9.68. The van der Waals surface area contributed by atoms with Gasteiger partial charge in [-0.15, -0.1) is 0 Å². The minimum absolute atomic E-state index is 0.0673. The van der Waals surface area contributed by atoms with Crippen LogP contribution in [0, 0.1) is 5.41 Å². The number of halogens is 3. The Bertz CT molecular complexity index is 1440. The van der Waals surface area contributed by atoms with Crippen LogP contribution in [0.4, 0.5) is 13.2 Å². The first kappa shape index (κ1) is 34.0. The molecule has 1 fully saturated rings. The Kier molecular flexibility index (Phi) is 8.63. The van der Waals surface area contributed by atoms with E-state index in [9.17, 15) is 18.0 Å². The molecule has 0 saturated carbocycles. The highest BCUT2D eigenvalue weighted by Crippen LogP contribution is 2.61. The van der Waals surface area contributed by atoms with Crippen molar-refractivity contribution >= 4 is 14.3 Å². The van der Waals surface area contributed by atoms with Gasteiger partial charge in [0.1, 0.15) is 12.2 Å². The lowest BCUT2D eigenvalue weighted by Crippen LogP contribution is -2.46. The van der Waals surface area contributed by atoms with E-state index >= 15 is 0 Å². The van der Waals surface area contributed by atoms with Gasteiger partial charge in [0.25, 0.3) is 0 Å². The summed E-state index contributed by atoms with van der Waals surface area (Å²) in [6, 6.07) is 2.47. The summed E-state index contributed by atoms with van der Waals surface area (Å²) in [4.78, 5) is 22.1. The van der Waals surface area contributed by atoms with Crippen LogP contribution in [-0.4, -0.2) is 37.5 Å². The van der Waals surface area contributed by atoms with Crippen molar-refractivity contribution in [2.75, 3.05) is 13.2 Å². The summed E-state index contributed by atoms with van der Waals surface area (Å²) in [5.74, 6) is -0.456. The van der Waals surface area contributed by atoms with E-state index in [-0.39, 0.29) is 23.0 Å². The number of pyridine rings is 2. The third kappa shape index (κ3) is 6.10. The number of rotatable bonds is 5. The van der Waals surface area contributed by atoms with Crippen LogP contribution in [0.15, 0.2) is 18.3 Å². The molecule has 3 aliphatic rings. The molecule has 1 saturated heterocycles. The van der Waals surface area contributed by atoms with E-state index in [0.29, 0.717) is 43.9 Å². The van der Waals surface area contributed by atoms with Crippen molar-refractivity contribution in [1.29, 1.82) is 0 Å². The van der Waals surface area contributed by atoms with Crippen LogP contribution in [0.2, 0.25) is 18.1 Å². The molecule has 2 aromatic heterocycles. The topological polar surface area (TPSA) is 79.8 Å². The second-order valence-electron chi connectivity index (χ2n) is 15.4. The van der Waals surface area contributed by atoms with Crippen molar-refractivity contribution in [2.45, 2.75) is 129 Å². The Labute approximate surface area is 265 Å². The van der Waals surface area contributed by atoms with Crippen molar-refractivity contribution in [3.8, 4) is 0 Å². The zero-order chi connectivity index (χ0) is 33.3. The highest BCUT2D eigenvalue weighted by Gasteiger charge is 2.56. The minimum atomic E-state index is -4.50. The van der Waals surface area contributed by atoms with Gasteiger partial charge in [-0.25, -0.2) is 0 Å². The monoisotopic (exact) mass is 648 g/mol. The lowest BCUT2D eigenvalue weighted by molar-refractivity contribution is -0.156. The van der Waals surface area contributed by atoms with E-state index in [1.54, 1.807) is 0 Å². The molecule has 2 aromatic rings. The third-order valence-corrected chi connectivity index (χ3v) is 14.6. The first-order valence-electron chi connectivity index (χ1n) is 15.9. The fourth-order valence-corrected chi connectivity index (χ4v) is 8.06. The standard InChI is InChI=1S/C34H47F3N2O5Si/c1-19(2)27-25-26(33(13-15-41-16-14-33)43-29(25)22-12-11-21(18-38-22)34(35,36)37)24-23(44-45(9,10)31(4,5)6)17-32(7,8)30(28(24)39-27)42-20(3)40/h11-12,18-19,23,29-30H,13-17H2,1-10H3/t23-,29+,30+/m0/s1. The minimum Gasteiger partial charge on any atom is -0.455 e. The van der Waals surface area contributed by atoms with E-state index in [0.717, 1.165) is 34.6 Å². The van der Waals surface area contributed by atoms with Gasteiger partial charge < -0.3 is 18.6 Å². The van der Waals surface area contributed by atoms with Crippen LogP contribution in [0.1, 0.15) is 138 Å². The van der Waals surface area contributed by atoms with E-state index in [4.69, 9.17) is 23.6 Å². The Hall–Kier alpha value is -2.34. The van der Waals surface area contributed by atoms with Crippen LogP contribution in [-0.2, 0) is 35.2 Å². The van der Waals surface area contributed by atoms with E-state index < -0.39 is 43.3 Å². The SMILES string of the molecule is CC(=O)O[C@@H]1c2nc(C(C)C)c3c(c2[C@@H](O[Si](C)(C)C(C)(C)C)CC1(C)C)C1(CCOCC1)O[C@@H]3c1ccc(C(F)(F)F)cn1. The highest BCUT2D eigenvalue weighted by molar-refractivity contribution is 6.74. The largest absolute Gasteiger partial charge is 0.455 e. The summed E-state index contributed by atoms with van der Waals surface area (Å²) < 4.78 is 66.6. The fourth-order valence-electron chi connectivity index (χ4n) is 6.79. The first-order chi connectivity index (χ1) is 20.7. The molecule has 3 atom stereocenters. The highest BCUT2D eigenvalue weighted by atomic mass is 28.4. The number of fused-ring (bicyclic) bond motifs is 4. The molecule has 7 nitrogen and oxygen atoms in total. The van der Waals surface area contributed by atoms with Crippen molar-refractivity contribution in [1.82, 2.24) is 9.97 Å². The Morgan fingerprint density at radius 1 is 1.09 bits per heavy atom. The molecule has 0 N–H and O–H groups in total. The maximum absolute atomic E-state index is 13.5. The number of hydrogen-bond acceptors (Lipinski definition) is 7. The van der Waals surface area contributed by atoms with Gasteiger partial charge in [0.15, 0.2) is 8.32 Å². The molecule has 1 aliphatic carbocycles. The molecule has 45 heavy (non-hydrogen) atoms. The maximum atomic E-state index is 13.5. The van der Waals surface area contributed by atoms with Crippen molar-refractivity contribution < 1.29 is 36.6 Å². The Morgan fingerprint density at radius 2 is 1.73 bits per heavy atom. The second kappa shape index (κ2) is 11.4. The Balaban J connectivity index is 1.83. The van der Waals surface area contributed by atoms with Gasteiger partial charge in [-0.05, 0) is 48.2 Å². The maximum Gasteiger partial charge on any atom is 0.417 e. The van der Waals surface area contributed by atoms with Gasteiger partial charge in [0, 0.05) is 61.4 Å². The summed E-state index contributed by atoms with van der Waals surface area (Å²) in [5.41, 5.74) is 2.43. The van der Waals surface area contributed by atoms with Gasteiger partial charge in [0.05, 0.1) is 28.7 Å². The number of aromatic nitrogens is 2. The van der Waals surface area contributed by atoms with Gasteiger partial charge in [-0.2, -0.15) is 13.2 Å². The normalized spacial score (nSPS) is 24.4. The number of esters is 1. The van der Waals surface area contributed by atoms with Gasteiger partial charge in [-0.3, -0.25) is 14.8 Å². The molecular weight excluding hydrogens is 601 g/mol. The Morgan fingerprint density at radius 3 is 2.24 bits per heavy atom.